The average Bonchev–Trinajstić information content (AvgIpc) is 2.60. The minimum Gasteiger partial charge on any atom is -0.494 e. The number of hydrogen-bond acceptors (Lipinski definition) is 5. The molecule has 0 aromatic heterocycles. The fourth-order valence-corrected chi connectivity index (χ4v) is 3.83. The van der Waals surface area contributed by atoms with Crippen LogP contribution in [0.5, 0.6) is 5.75 Å². The molecule has 0 N–H and O–H groups in total. The van der Waals surface area contributed by atoms with Crippen LogP contribution in [-0.4, -0.2) is 54.8 Å². The van der Waals surface area contributed by atoms with E-state index in [1.165, 1.54) is 13.2 Å². The van der Waals surface area contributed by atoms with Crippen molar-refractivity contribution in [2.75, 3.05) is 20.3 Å². The number of piperidine rings is 1. The van der Waals surface area contributed by atoms with Crippen LogP contribution in [0.4, 0.5) is 13.6 Å². The smallest absolute Gasteiger partial charge is 0.410 e. The molecule has 2 fully saturated rings. The van der Waals surface area contributed by atoms with Crippen LogP contribution in [0.25, 0.3) is 0 Å². The summed E-state index contributed by atoms with van der Waals surface area (Å²) in [5.41, 5.74) is -0.563. The number of benzene rings is 1. The number of nitrogens with zero attached hydrogens (tertiary/aromatic N) is 1. The van der Waals surface area contributed by atoms with E-state index in [2.05, 4.69) is 0 Å². The Morgan fingerprint density at radius 1 is 1.14 bits per heavy atom. The molecule has 2 aliphatic heterocycles. The number of fused-ring (bicyclic) bond motifs is 2. The number of amides is 1. The Kier molecular flexibility index (Phi) is 5.61. The normalized spacial score (nSPS) is 24.6. The van der Waals surface area contributed by atoms with Crippen molar-refractivity contribution in [1.29, 1.82) is 0 Å². The highest BCUT2D eigenvalue weighted by Gasteiger charge is 2.45. The van der Waals surface area contributed by atoms with Crippen molar-refractivity contribution in [3.8, 4) is 5.75 Å². The lowest BCUT2D eigenvalue weighted by atomic mass is 9.81. The van der Waals surface area contributed by atoms with Crippen molar-refractivity contribution in [3.63, 3.8) is 0 Å². The molecule has 8 heteroatoms. The van der Waals surface area contributed by atoms with Gasteiger partial charge in [-0.3, -0.25) is 9.69 Å². The van der Waals surface area contributed by atoms with Crippen molar-refractivity contribution in [3.05, 3.63) is 29.3 Å². The molecule has 2 unspecified atom stereocenters. The SMILES string of the molecule is COc1cc(C(=O)C2CC3COCC(C2)N3C(=O)OC(C)(C)C)cc(F)c1F. The van der Waals surface area contributed by atoms with E-state index in [0.29, 0.717) is 26.1 Å². The molecule has 2 aliphatic rings. The highest BCUT2D eigenvalue weighted by Crippen LogP contribution is 2.35. The van der Waals surface area contributed by atoms with E-state index in [0.717, 1.165) is 6.07 Å². The van der Waals surface area contributed by atoms with Gasteiger partial charge in [-0.1, -0.05) is 0 Å². The Balaban J connectivity index is 1.79. The first-order chi connectivity index (χ1) is 13.1. The minimum atomic E-state index is -1.13. The molecule has 0 saturated carbocycles. The first kappa shape index (κ1) is 20.5. The molecule has 154 valence electrons. The summed E-state index contributed by atoms with van der Waals surface area (Å²) in [5, 5.41) is 0. The van der Waals surface area contributed by atoms with Crippen LogP contribution < -0.4 is 4.74 Å². The van der Waals surface area contributed by atoms with Crippen molar-refractivity contribution < 1.29 is 32.6 Å². The van der Waals surface area contributed by atoms with E-state index in [1.54, 1.807) is 25.7 Å². The molecule has 1 aromatic rings. The van der Waals surface area contributed by atoms with Gasteiger partial charge in [-0.05, 0) is 45.7 Å². The predicted molar refractivity (Wildman–Crippen MR) is 96.4 cm³/mol. The van der Waals surface area contributed by atoms with E-state index in [9.17, 15) is 18.4 Å². The molecule has 0 aliphatic carbocycles. The van der Waals surface area contributed by atoms with Crippen LogP contribution in [0.2, 0.25) is 0 Å². The van der Waals surface area contributed by atoms with Gasteiger partial charge in [0.2, 0.25) is 5.82 Å². The highest BCUT2D eigenvalue weighted by atomic mass is 19.2. The van der Waals surface area contributed by atoms with E-state index in [-0.39, 0.29) is 29.2 Å². The number of carbonyl (C=O) groups excluding carboxylic acids is 2. The standard InChI is InChI=1S/C20H25F2NO5/c1-20(2,3)28-19(25)23-13-5-11(6-14(23)10-27-9-13)18(24)12-7-15(21)17(22)16(8-12)26-4/h7-8,11,13-14H,5-6,9-10H2,1-4H3. The summed E-state index contributed by atoms with van der Waals surface area (Å²) in [7, 11) is 1.22. The Labute approximate surface area is 162 Å². The molecule has 0 spiro atoms. The van der Waals surface area contributed by atoms with Gasteiger partial charge in [0, 0.05) is 11.5 Å². The van der Waals surface area contributed by atoms with Gasteiger partial charge in [0.05, 0.1) is 32.4 Å². The summed E-state index contributed by atoms with van der Waals surface area (Å²) in [5.74, 6) is -3.27. The predicted octanol–water partition coefficient (Wildman–Crippen LogP) is 3.57. The van der Waals surface area contributed by atoms with E-state index < -0.39 is 29.2 Å². The summed E-state index contributed by atoms with van der Waals surface area (Å²) < 4.78 is 43.3. The zero-order valence-electron chi connectivity index (χ0n) is 16.5. The van der Waals surface area contributed by atoms with E-state index in [1.807, 2.05) is 0 Å². The average molecular weight is 397 g/mol. The summed E-state index contributed by atoms with van der Waals surface area (Å²) in [6, 6.07) is 1.51. The molecule has 6 nitrogen and oxygen atoms in total. The lowest BCUT2D eigenvalue weighted by Crippen LogP contribution is -2.60. The number of hydrogen-bond donors (Lipinski definition) is 0. The fraction of sp³-hybridized carbons (Fsp3) is 0.600. The number of ketones is 1. The second-order valence-corrected chi connectivity index (χ2v) is 8.24. The molecule has 0 radical (unpaired) electrons. The van der Waals surface area contributed by atoms with E-state index in [4.69, 9.17) is 14.2 Å². The summed E-state index contributed by atoms with van der Waals surface area (Å²) in [6.45, 7) is 6.00. The summed E-state index contributed by atoms with van der Waals surface area (Å²) >= 11 is 0. The molecule has 2 atom stereocenters. The summed E-state index contributed by atoms with van der Waals surface area (Å²) in [4.78, 5) is 27.2. The van der Waals surface area contributed by atoms with Crippen LogP contribution in [0.3, 0.4) is 0 Å². The topological polar surface area (TPSA) is 65.1 Å². The van der Waals surface area contributed by atoms with Crippen LogP contribution >= 0.6 is 0 Å². The van der Waals surface area contributed by atoms with Crippen LogP contribution in [-0.2, 0) is 9.47 Å². The number of halogens is 2. The van der Waals surface area contributed by atoms with Crippen molar-refractivity contribution in [2.24, 2.45) is 5.92 Å². The Hall–Kier alpha value is -2.22. The molecule has 2 heterocycles. The maximum atomic E-state index is 13.8. The Bertz CT molecular complexity index is 763. The molecule has 2 bridgehead atoms. The van der Waals surface area contributed by atoms with Gasteiger partial charge in [-0.15, -0.1) is 0 Å². The molecule has 1 amide bonds. The second-order valence-electron chi connectivity index (χ2n) is 8.24. The third kappa shape index (κ3) is 4.11. The molecule has 1 aromatic carbocycles. The molecule has 2 saturated heterocycles. The van der Waals surface area contributed by atoms with Gasteiger partial charge >= 0.3 is 6.09 Å². The number of methoxy groups -OCH3 is 1. The first-order valence-electron chi connectivity index (χ1n) is 9.27. The van der Waals surface area contributed by atoms with Crippen molar-refractivity contribution in [2.45, 2.75) is 51.3 Å². The van der Waals surface area contributed by atoms with Crippen LogP contribution in [0, 0.1) is 17.6 Å². The van der Waals surface area contributed by atoms with E-state index >= 15 is 0 Å². The zero-order chi connectivity index (χ0) is 20.6. The van der Waals surface area contributed by atoms with Crippen LogP contribution in [0.15, 0.2) is 12.1 Å². The van der Waals surface area contributed by atoms with Gasteiger partial charge in [-0.2, -0.15) is 4.39 Å². The number of Topliss-reactive ketones (excluding diaryl/α,β-unsaturated/α-hetero) is 1. The number of rotatable bonds is 3. The molecule has 3 rings (SSSR count). The number of carbonyl (C=O) groups is 2. The van der Waals surface area contributed by atoms with Gasteiger partial charge in [0.15, 0.2) is 17.3 Å². The minimum absolute atomic E-state index is 0.0606. The molecular formula is C20H25F2NO5. The number of morpholine rings is 1. The fourth-order valence-electron chi connectivity index (χ4n) is 3.83. The second kappa shape index (κ2) is 7.66. The third-order valence-electron chi connectivity index (χ3n) is 4.99. The first-order valence-corrected chi connectivity index (χ1v) is 9.27. The lowest BCUT2D eigenvalue weighted by Gasteiger charge is -2.47. The maximum Gasteiger partial charge on any atom is 0.410 e. The number of ether oxygens (including phenoxy) is 3. The molecule has 28 heavy (non-hydrogen) atoms. The zero-order valence-corrected chi connectivity index (χ0v) is 16.5. The largest absolute Gasteiger partial charge is 0.494 e. The third-order valence-corrected chi connectivity index (χ3v) is 4.99. The van der Waals surface area contributed by atoms with Crippen LogP contribution in [0.1, 0.15) is 44.0 Å². The summed E-state index contributed by atoms with van der Waals surface area (Å²) in [6.07, 6.45) is 0.317. The maximum absolute atomic E-state index is 13.8. The molecular weight excluding hydrogens is 372 g/mol. The van der Waals surface area contributed by atoms with Crippen molar-refractivity contribution in [1.82, 2.24) is 4.90 Å². The van der Waals surface area contributed by atoms with Gasteiger partial charge in [0.1, 0.15) is 5.60 Å². The lowest BCUT2D eigenvalue weighted by molar-refractivity contribution is -0.0861. The van der Waals surface area contributed by atoms with Gasteiger partial charge < -0.3 is 14.2 Å². The highest BCUT2D eigenvalue weighted by molar-refractivity contribution is 5.98. The Morgan fingerprint density at radius 3 is 2.29 bits per heavy atom. The van der Waals surface area contributed by atoms with Crippen molar-refractivity contribution >= 4 is 11.9 Å². The van der Waals surface area contributed by atoms with Gasteiger partial charge in [0.25, 0.3) is 0 Å². The van der Waals surface area contributed by atoms with Gasteiger partial charge in [-0.25, -0.2) is 9.18 Å². The quantitative estimate of drug-likeness (QED) is 0.730. The Morgan fingerprint density at radius 2 is 1.75 bits per heavy atom. The monoisotopic (exact) mass is 397 g/mol.